The molecule has 2 aromatic carbocycles. The zero-order valence-corrected chi connectivity index (χ0v) is 13.9. The Morgan fingerprint density at radius 1 is 1.00 bits per heavy atom. The molecule has 2 aromatic rings. The molecule has 4 heteroatoms. The molecular weight excluding hydrogens is 290 g/mol. The highest BCUT2D eigenvalue weighted by Gasteiger charge is 2.09. The van der Waals surface area contributed by atoms with E-state index < -0.39 is 0 Å². The van der Waals surface area contributed by atoms with Crippen LogP contribution in [0.1, 0.15) is 24.5 Å². The summed E-state index contributed by atoms with van der Waals surface area (Å²) in [6, 6.07) is 13.7. The van der Waals surface area contributed by atoms with E-state index in [4.69, 9.17) is 9.47 Å². The van der Waals surface area contributed by atoms with Gasteiger partial charge in [0.2, 0.25) is 5.91 Å². The molecule has 1 N–H and O–H groups in total. The standard InChI is InChI=1S/C19H23NO3/c1-4-14-5-7-15(8-6-14)9-12-19(21)20-17-11-10-16(22-2)13-18(17)23-3/h5-8,10-11,13H,4,9,12H2,1-3H3,(H,20,21). The van der Waals surface area contributed by atoms with Gasteiger partial charge in [-0.3, -0.25) is 4.79 Å². The molecule has 0 aliphatic rings. The summed E-state index contributed by atoms with van der Waals surface area (Å²) in [7, 11) is 3.16. The fraction of sp³-hybridized carbons (Fsp3) is 0.316. The van der Waals surface area contributed by atoms with Crippen molar-refractivity contribution in [3.63, 3.8) is 0 Å². The fourth-order valence-electron chi connectivity index (χ4n) is 2.31. The minimum Gasteiger partial charge on any atom is -0.497 e. The lowest BCUT2D eigenvalue weighted by Gasteiger charge is -2.11. The molecule has 0 heterocycles. The predicted octanol–water partition coefficient (Wildman–Crippen LogP) is 3.84. The number of ether oxygens (including phenoxy) is 2. The number of aryl methyl sites for hydroxylation is 2. The Kier molecular flexibility index (Phi) is 6.03. The lowest BCUT2D eigenvalue weighted by Crippen LogP contribution is -2.13. The summed E-state index contributed by atoms with van der Waals surface area (Å²) in [5.74, 6) is 1.24. The van der Waals surface area contributed by atoms with Crippen molar-refractivity contribution in [2.75, 3.05) is 19.5 Å². The van der Waals surface area contributed by atoms with E-state index in [1.807, 2.05) is 0 Å². The molecule has 0 saturated heterocycles. The van der Waals surface area contributed by atoms with Crippen molar-refractivity contribution in [1.29, 1.82) is 0 Å². The Balaban J connectivity index is 1.93. The topological polar surface area (TPSA) is 47.6 Å². The van der Waals surface area contributed by atoms with E-state index in [-0.39, 0.29) is 5.91 Å². The number of methoxy groups -OCH3 is 2. The molecule has 0 saturated carbocycles. The molecule has 0 spiro atoms. The Morgan fingerprint density at radius 3 is 2.30 bits per heavy atom. The first-order chi connectivity index (χ1) is 11.2. The van der Waals surface area contributed by atoms with Gasteiger partial charge in [0.05, 0.1) is 19.9 Å². The van der Waals surface area contributed by atoms with Crippen LogP contribution in [0, 0.1) is 0 Å². The minimum atomic E-state index is -0.0342. The fourth-order valence-corrected chi connectivity index (χ4v) is 2.31. The first-order valence-electron chi connectivity index (χ1n) is 7.76. The number of carbonyl (C=O) groups excluding carboxylic acids is 1. The van der Waals surface area contributed by atoms with E-state index in [9.17, 15) is 4.79 Å². The summed E-state index contributed by atoms with van der Waals surface area (Å²) < 4.78 is 10.4. The van der Waals surface area contributed by atoms with Gasteiger partial charge in [-0.2, -0.15) is 0 Å². The minimum absolute atomic E-state index is 0.0342. The number of amides is 1. The van der Waals surface area contributed by atoms with Gasteiger partial charge in [0, 0.05) is 12.5 Å². The third-order valence-electron chi connectivity index (χ3n) is 3.75. The van der Waals surface area contributed by atoms with Gasteiger partial charge in [-0.15, -0.1) is 0 Å². The highest BCUT2D eigenvalue weighted by atomic mass is 16.5. The Morgan fingerprint density at radius 2 is 1.70 bits per heavy atom. The number of hydrogen-bond acceptors (Lipinski definition) is 3. The van der Waals surface area contributed by atoms with E-state index >= 15 is 0 Å². The lowest BCUT2D eigenvalue weighted by atomic mass is 10.1. The van der Waals surface area contributed by atoms with Crippen LogP contribution in [0.3, 0.4) is 0 Å². The van der Waals surface area contributed by atoms with Crippen molar-refractivity contribution in [3.05, 3.63) is 53.6 Å². The van der Waals surface area contributed by atoms with E-state index in [0.717, 1.165) is 6.42 Å². The smallest absolute Gasteiger partial charge is 0.224 e. The zero-order chi connectivity index (χ0) is 16.7. The highest BCUT2D eigenvalue weighted by Crippen LogP contribution is 2.29. The second kappa shape index (κ2) is 8.22. The molecule has 23 heavy (non-hydrogen) atoms. The molecule has 2 rings (SSSR count). The van der Waals surface area contributed by atoms with Crippen molar-refractivity contribution < 1.29 is 14.3 Å². The van der Waals surface area contributed by atoms with Crippen LogP contribution in [0.25, 0.3) is 0 Å². The maximum atomic E-state index is 12.1. The zero-order valence-electron chi connectivity index (χ0n) is 13.9. The van der Waals surface area contributed by atoms with Crippen molar-refractivity contribution in [3.8, 4) is 11.5 Å². The molecule has 0 aromatic heterocycles. The highest BCUT2D eigenvalue weighted by molar-refractivity contribution is 5.92. The second-order valence-electron chi connectivity index (χ2n) is 5.28. The molecule has 1 amide bonds. The van der Waals surface area contributed by atoms with Crippen LogP contribution in [0.4, 0.5) is 5.69 Å². The van der Waals surface area contributed by atoms with E-state index in [1.54, 1.807) is 32.4 Å². The van der Waals surface area contributed by atoms with Gasteiger partial charge >= 0.3 is 0 Å². The SMILES string of the molecule is CCc1ccc(CCC(=O)Nc2ccc(OC)cc2OC)cc1. The number of benzene rings is 2. The van der Waals surface area contributed by atoms with Crippen molar-refractivity contribution in [2.24, 2.45) is 0 Å². The number of nitrogens with one attached hydrogen (secondary N) is 1. The first kappa shape index (κ1) is 16.9. The van der Waals surface area contributed by atoms with Crippen LogP contribution in [0.5, 0.6) is 11.5 Å². The van der Waals surface area contributed by atoms with Gasteiger partial charge < -0.3 is 14.8 Å². The molecule has 0 bridgehead atoms. The number of rotatable bonds is 7. The van der Waals surface area contributed by atoms with Crippen LogP contribution in [-0.4, -0.2) is 20.1 Å². The van der Waals surface area contributed by atoms with Crippen LogP contribution in [-0.2, 0) is 17.6 Å². The van der Waals surface area contributed by atoms with Gasteiger partial charge in [0.15, 0.2) is 0 Å². The quantitative estimate of drug-likeness (QED) is 0.845. The summed E-state index contributed by atoms with van der Waals surface area (Å²) in [5, 5.41) is 2.89. The third-order valence-corrected chi connectivity index (χ3v) is 3.75. The Bertz CT molecular complexity index is 650. The maximum absolute atomic E-state index is 12.1. The van der Waals surface area contributed by atoms with Gasteiger partial charge in [-0.05, 0) is 36.1 Å². The predicted molar refractivity (Wildman–Crippen MR) is 92.3 cm³/mol. The summed E-state index contributed by atoms with van der Waals surface area (Å²) in [5.41, 5.74) is 3.12. The lowest BCUT2D eigenvalue weighted by molar-refractivity contribution is -0.116. The van der Waals surface area contributed by atoms with Crippen LogP contribution in [0.2, 0.25) is 0 Å². The Hall–Kier alpha value is -2.49. The molecule has 0 fully saturated rings. The van der Waals surface area contributed by atoms with Crippen LogP contribution >= 0.6 is 0 Å². The van der Waals surface area contributed by atoms with E-state index in [1.165, 1.54) is 11.1 Å². The molecule has 0 atom stereocenters. The average Bonchev–Trinajstić information content (AvgIpc) is 2.60. The van der Waals surface area contributed by atoms with Crippen molar-refractivity contribution >= 4 is 11.6 Å². The van der Waals surface area contributed by atoms with Crippen molar-refractivity contribution in [1.82, 2.24) is 0 Å². The normalized spacial score (nSPS) is 10.2. The molecule has 0 aliphatic heterocycles. The van der Waals surface area contributed by atoms with Crippen LogP contribution < -0.4 is 14.8 Å². The van der Waals surface area contributed by atoms with Crippen LogP contribution in [0.15, 0.2) is 42.5 Å². The molecular formula is C19H23NO3. The largest absolute Gasteiger partial charge is 0.497 e. The average molecular weight is 313 g/mol. The van der Waals surface area contributed by atoms with Gasteiger partial charge in [0.1, 0.15) is 11.5 Å². The van der Waals surface area contributed by atoms with Crippen molar-refractivity contribution in [2.45, 2.75) is 26.2 Å². The number of hydrogen-bond donors (Lipinski definition) is 1. The second-order valence-corrected chi connectivity index (χ2v) is 5.28. The maximum Gasteiger partial charge on any atom is 0.224 e. The Labute approximate surface area is 137 Å². The number of anilines is 1. The monoisotopic (exact) mass is 313 g/mol. The number of carbonyl (C=O) groups is 1. The third kappa shape index (κ3) is 4.74. The molecule has 4 nitrogen and oxygen atoms in total. The van der Waals surface area contributed by atoms with Gasteiger partial charge in [-0.1, -0.05) is 31.2 Å². The molecule has 122 valence electrons. The van der Waals surface area contributed by atoms with E-state index in [2.05, 4.69) is 36.5 Å². The summed E-state index contributed by atoms with van der Waals surface area (Å²) in [6.07, 6.45) is 2.17. The molecule has 0 aliphatic carbocycles. The summed E-state index contributed by atoms with van der Waals surface area (Å²) in [4.78, 5) is 12.1. The molecule has 0 unspecified atom stereocenters. The summed E-state index contributed by atoms with van der Waals surface area (Å²) >= 11 is 0. The van der Waals surface area contributed by atoms with E-state index in [0.29, 0.717) is 30.0 Å². The van der Waals surface area contributed by atoms with Gasteiger partial charge in [0.25, 0.3) is 0 Å². The van der Waals surface area contributed by atoms with Gasteiger partial charge in [-0.25, -0.2) is 0 Å². The summed E-state index contributed by atoms with van der Waals surface area (Å²) in [6.45, 7) is 2.13. The molecule has 0 radical (unpaired) electrons. The first-order valence-corrected chi connectivity index (χ1v) is 7.76.